The maximum absolute atomic E-state index is 13.0. The van der Waals surface area contributed by atoms with Gasteiger partial charge < -0.3 is 14.0 Å². The van der Waals surface area contributed by atoms with Crippen molar-refractivity contribution in [1.29, 1.82) is 0 Å². The Labute approximate surface area is 153 Å². The van der Waals surface area contributed by atoms with Crippen LogP contribution in [0.3, 0.4) is 0 Å². The summed E-state index contributed by atoms with van der Waals surface area (Å²) in [6.45, 7) is 3.52. The largest absolute Gasteiger partial charge is 0.339 e. The Balaban J connectivity index is 1.46. The van der Waals surface area contributed by atoms with Crippen LogP contribution in [0.15, 0.2) is 49.1 Å². The summed E-state index contributed by atoms with van der Waals surface area (Å²) in [4.78, 5) is 14.9. The fourth-order valence-corrected chi connectivity index (χ4v) is 3.73. The zero-order valence-electron chi connectivity index (χ0n) is 15.2. The molecule has 1 amide bonds. The first-order chi connectivity index (χ1) is 12.6. The van der Waals surface area contributed by atoms with Crippen LogP contribution in [0.4, 0.5) is 0 Å². The summed E-state index contributed by atoms with van der Waals surface area (Å²) in [6, 6.07) is 10.0. The second-order valence-corrected chi connectivity index (χ2v) is 6.96. The molecule has 0 atom stereocenters. The smallest absolute Gasteiger partial charge is 0.254 e. The molecule has 0 spiro atoms. The van der Waals surface area contributed by atoms with Crippen molar-refractivity contribution in [3.8, 4) is 5.69 Å². The highest BCUT2D eigenvalue weighted by molar-refractivity contribution is 5.96. The minimum Gasteiger partial charge on any atom is -0.339 e. The molecule has 6 nitrogen and oxygen atoms in total. The van der Waals surface area contributed by atoms with Gasteiger partial charge in [-0.25, -0.2) is 0 Å². The third kappa shape index (κ3) is 3.03. The van der Waals surface area contributed by atoms with E-state index in [0.29, 0.717) is 5.92 Å². The fraction of sp³-hybridized carbons (Fsp3) is 0.350. The van der Waals surface area contributed by atoms with E-state index in [9.17, 15) is 4.79 Å². The van der Waals surface area contributed by atoms with Crippen LogP contribution < -0.4 is 0 Å². The Hall–Kier alpha value is -2.89. The van der Waals surface area contributed by atoms with Crippen molar-refractivity contribution < 1.29 is 4.79 Å². The van der Waals surface area contributed by atoms with Gasteiger partial charge in [0.15, 0.2) is 0 Å². The normalized spacial score (nSPS) is 15.4. The van der Waals surface area contributed by atoms with E-state index >= 15 is 0 Å². The standard InChI is InChI=1S/C20H23N5O/c1-15-13-17(24-9-3-4-10-24)5-6-18(15)20(26)25-11-7-16(8-12-25)19-22-21-14-23(19)2/h3-6,9-10,13-14,16H,7-8,11-12H2,1-2H3. The molecule has 0 radical (unpaired) electrons. The van der Waals surface area contributed by atoms with E-state index < -0.39 is 0 Å². The van der Waals surface area contributed by atoms with Crippen molar-refractivity contribution in [3.05, 3.63) is 66.0 Å². The Bertz CT molecular complexity index is 904. The lowest BCUT2D eigenvalue weighted by atomic mass is 9.95. The Morgan fingerprint density at radius 3 is 2.50 bits per heavy atom. The molecule has 1 aliphatic rings. The predicted octanol–water partition coefficient (Wildman–Crippen LogP) is 2.93. The molecule has 1 aliphatic heterocycles. The van der Waals surface area contributed by atoms with Crippen LogP contribution >= 0.6 is 0 Å². The van der Waals surface area contributed by atoms with E-state index in [0.717, 1.165) is 48.6 Å². The van der Waals surface area contributed by atoms with Crippen molar-refractivity contribution in [2.45, 2.75) is 25.7 Å². The van der Waals surface area contributed by atoms with Gasteiger partial charge in [0, 0.05) is 49.7 Å². The van der Waals surface area contributed by atoms with Gasteiger partial charge in [0.05, 0.1) is 0 Å². The summed E-state index contributed by atoms with van der Waals surface area (Å²) in [5, 5.41) is 8.19. The van der Waals surface area contributed by atoms with Crippen LogP contribution in [0.5, 0.6) is 0 Å². The summed E-state index contributed by atoms with van der Waals surface area (Å²) in [5.74, 6) is 1.52. The lowest BCUT2D eigenvalue weighted by Crippen LogP contribution is -2.38. The number of hydrogen-bond donors (Lipinski definition) is 0. The van der Waals surface area contributed by atoms with Gasteiger partial charge in [-0.05, 0) is 55.7 Å². The Morgan fingerprint density at radius 2 is 1.88 bits per heavy atom. The first-order valence-corrected chi connectivity index (χ1v) is 9.00. The van der Waals surface area contributed by atoms with Crippen LogP contribution in [0.1, 0.15) is 40.5 Å². The van der Waals surface area contributed by atoms with Crippen LogP contribution in [-0.4, -0.2) is 43.2 Å². The minimum atomic E-state index is 0.123. The molecule has 4 rings (SSSR count). The van der Waals surface area contributed by atoms with Crippen molar-refractivity contribution in [3.63, 3.8) is 0 Å². The number of carbonyl (C=O) groups is 1. The second-order valence-electron chi connectivity index (χ2n) is 6.96. The van der Waals surface area contributed by atoms with Crippen molar-refractivity contribution in [2.24, 2.45) is 7.05 Å². The maximum atomic E-state index is 13.0. The summed E-state index contributed by atoms with van der Waals surface area (Å²) >= 11 is 0. The molecule has 3 heterocycles. The average molecular weight is 349 g/mol. The molecule has 6 heteroatoms. The van der Waals surface area contributed by atoms with E-state index in [4.69, 9.17) is 0 Å². The third-order valence-electron chi connectivity index (χ3n) is 5.24. The van der Waals surface area contributed by atoms with Crippen LogP contribution in [0, 0.1) is 6.92 Å². The van der Waals surface area contributed by atoms with E-state index in [-0.39, 0.29) is 5.91 Å². The highest BCUT2D eigenvalue weighted by Crippen LogP contribution is 2.27. The van der Waals surface area contributed by atoms with Crippen LogP contribution in [0.2, 0.25) is 0 Å². The number of piperidine rings is 1. The van der Waals surface area contributed by atoms with E-state index in [1.54, 1.807) is 6.33 Å². The summed E-state index contributed by atoms with van der Waals surface area (Å²) in [5.41, 5.74) is 2.87. The zero-order chi connectivity index (χ0) is 18.1. The second kappa shape index (κ2) is 6.78. The molecule has 0 unspecified atom stereocenters. The van der Waals surface area contributed by atoms with Gasteiger partial charge in [-0.15, -0.1) is 10.2 Å². The van der Waals surface area contributed by atoms with Gasteiger partial charge in [-0.2, -0.15) is 0 Å². The summed E-state index contributed by atoms with van der Waals surface area (Å²) in [6.07, 6.45) is 7.61. The zero-order valence-corrected chi connectivity index (χ0v) is 15.2. The SMILES string of the molecule is Cc1cc(-n2cccc2)ccc1C(=O)N1CCC(c2nncn2C)CC1. The van der Waals surface area contributed by atoms with Crippen molar-refractivity contribution in [2.75, 3.05) is 13.1 Å². The molecule has 0 bridgehead atoms. The number of rotatable bonds is 3. The molecule has 3 aromatic rings. The Morgan fingerprint density at radius 1 is 1.15 bits per heavy atom. The van der Waals surface area contributed by atoms with Crippen molar-refractivity contribution >= 4 is 5.91 Å². The summed E-state index contributed by atoms with van der Waals surface area (Å²) < 4.78 is 4.03. The van der Waals surface area contributed by atoms with E-state index in [2.05, 4.69) is 16.3 Å². The molecular formula is C20H23N5O. The lowest BCUT2D eigenvalue weighted by Gasteiger charge is -2.32. The number of benzene rings is 1. The van der Waals surface area contributed by atoms with E-state index in [1.807, 2.05) is 64.7 Å². The molecule has 2 aromatic heterocycles. The molecule has 1 aromatic carbocycles. The summed E-state index contributed by atoms with van der Waals surface area (Å²) in [7, 11) is 1.97. The first kappa shape index (κ1) is 16.6. The van der Waals surface area contributed by atoms with Crippen molar-refractivity contribution in [1.82, 2.24) is 24.2 Å². The maximum Gasteiger partial charge on any atom is 0.254 e. The predicted molar refractivity (Wildman–Crippen MR) is 99.4 cm³/mol. The number of aromatic nitrogens is 4. The molecule has 0 aliphatic carbocycles. The quantitative estimate of drug-likeness (QED) is 0.730. The topological polar surface area (TPSA) is 56.0 Å². The number of amides is 1. The monoisotopic (exact) mass is 349 g/mol. The lowest BCUT2D eigenvalue weighted by molar-refractivity contribution is 0.0709. The number of nitrogens with zero attached hydrogens (tertiary/aromatic N) is 5. The molecule has 0 saturated carbocycles. The average Bonchev–Trinajstić information content (AvgIpc) is 3.33. The highest BCUT2D eigenvalue weighted by Gasteiger charge is 2.27. The third-order valence-corrected chi connectivity index (χ3v) is 5.24. The number of likely N-dealkylation sites (tertiary alicyclic amines) is 1. The van der Waals surface area contributed by atoms with Crippen LogP contribution in [-0.2, 0) is 7.05 Å². The van der Waals surface area contributed by atoms with Gasteiger partial charge >= 0.3 is 0 Å². The molecule has 26 heavy (non-hydrogen) atoms. The van der Waals surface area contributed by atoms with Gasteiger partial charge in [0.2, 0.25) is 0 Å². The molecule has 1 fully saturated rings. The van der Waals surface area contributed by atoms with Gasteiger partial charge in [-0.3, -0.25) is 4.79 Å². The first-order valence-electron chi connectivity index (χ1n) is 9.00. The van der Waals surface area contributed by atoms with Gasteiger partial charge in [-0.1, -0.05) is 0 Å². The van der Waals surface area contributed by atoms with E-state index in [1.165, 1.54) is 0 Å². The molecule has 0 N–H and O–H groups in total. The fourth-order valence-electron chi connectivity index (χ4n) is 3.73. The number of carbonyl (C=O) groups excluding carboxylic acids is 1. The minimum absolute atomic E-state index is 0.123. The molecule has 1 saturated heterocycles. The van der Waals surface area contributed by atoms with Gasteiger partial charge in [0.25, 0.3) is 5.91 Å². The molecule has 134 valence electrons. The Kier molecular flexibility index (Phi) is 4.32. The highest BCUT2D eigenvalue weighted by atomic mass is 16.2. The number of aryl methyl sites for hydroxylation is 2. The number of hydrogen-bond acceptors (Lipinski definition) is 3. The molecular weight excluding hydrogens is 326 g/mol. The van der Waals surface area contributed by atoms with Gasteiger partial charge in [0.1, 0.15) is 12.2 Å². The van der Waals surface area contributed by atoms with Crippen LogP contribution in [0.25, 0.3) is 5.69 Å².